The van der Waals surface area contributed by atoms with Crippen LogP contribution in [0.25, 0.3) is 0 Å². The third kappa shape index (κ3) is 1.97. The molecule has 1 aliphatic heterocycles. The molecule has 1 aromatic carbocycles. The maximum Gasteiger partial charge on any atom is 0.102 e. The van der Waals surface area contributed by atoms with Gasteiger partial charge in [-0.1, -0.05) is 23.4 Å². The van der Waals surface area contributed by atoms with E-state index in [-0.39, 0.29) is 6.10 Å². The first kappa shape index (κ1) is 11.2. The van der Waals surface area contributed by atoms with Gasteiger partial charge in [0.25, 0.3) is 0 Å². The minimum atomic E-state index is -0.348. The summed E-state index contributed by atoms with van der Waals surface area (Å²) >= 11 is 0. The summed E-state index contributed by atoms with van der Waals surface area (Å²) < 4.78 is 1.71. The minimum absolute atomic E-state index is 0.348. The number of aryl methyl sites for hydroxylation is 1. The summed E-state index contributed by atoms with van der Waals surface area (Å²) in [4.78, 5) is 2.24. The summed E-state index contributed by atoms with van der Waals surface area (Å²) in [6.07, 6.45) is 2.34. The van der Waals surface area contributed by atoms with Crippen molar-refractivity contribution < 1.29 is 5.11 Å². The topological polar surface area (TPSA) is 54.2 Å². The lowest BCUT2D eigenvalue weighted by molar-refractivity contribution is 0.164. The van der Waals surface area contributed by atoms with Crippen LogP contribution in [-0.4, -0.2) is 26.6 Å². The van der Waals surface area contributed by atoms with Crippen LogP contribution in [0, 0.1) is 0 Å². The van der Waals surface area contributed by atoms with E-state index in [1.807, 2.05) is 37.5 Å². The Hall–Kier alpha value is -1.88. The molecule has 1 aliphatic rings. The Morgan fingerprint density at radius 2 is 2.22 bits per heavy atom. The number of hydrogen-bond acceptors (Lipinski definition) is 4. The Bertz CT molecular complexity index is 551. The van der Waals surface area contributed by atoms with E-state index in [0.717, 1.165) is 36.5 Å². The van der Waals surface area contributed by atoms with Gasteiger partial charge in [-0.05, 0) is 12.5 Å². The van der Waals surface area contributed by atoms with Crippen LogP contribution < -0.4 is 4.90 Å². The number of hydrogen-bond donors (Lipinski definition) is 1. The SMILES string of the molecule is Cn1cc(CN2CCC(O)c3ccccc32)nn1. The Balaban J connectivity index is 1.88. The number of anilines is 1. The summed E-state index contributed by atoms with van der Waals surface area (Å²) in [6.45, 7) is 1.58. The third-order valence-electron chi connectivity index (χ3n) is 3.31. The van der Waals surface area contributed by atoms with Gasteiger partial charge in [0.05, 0.1) is 12.6 Å². The van der Waals surface area contributed by atoms with Crippen molar-refractivity contribution in [2.45, 2.75) is 19.1 Å². The third-order valence-corrected chi connectivity index (χ3v) is 3.31. The molecule has 3 rings (SSSR count). The normalized spacial score (nSPS) is 18.8. The van der Waals surface area contributed by atoms with E-state index in [1.165, 1.54) is 0 Å². The second-order valence-corrected chi connectivity index (χ2v) is 4.67. The van der Waals surface area contributed by atoms with Crippen LogP contribution in [0.2, 0.25) is 0 Å². The Morgan fingerprint density at radius 3 is 3.00 bits per heavy atom. The molecule has 1 N–H and O–H groups in total. The average Bonchev–Trinajstić information content (AvgIpc) is 2.79. The molecular weight excluding hydrogens is 228 g/mol. The first-order valence-electron chi connectivity index (χ1n) is 6.11. The first-order chi connectivity index (χ1) is 8.74. The smallest absolute Gasteiger partial charge is 0.102 e. The molecular formula is C13H16N4O. The minimum Gasteiger partial charge on any atom is -0.388 e. The number of aliphatic hydroxyl groups excluding tert-OH is 1. The van der Waals surface area contributed by atoms with E-state index in [1.54, 1.807) is 4.68 Å². The number of nitrogens with zero attached hydrogens (tertiary/aromatic N) is 4. The second kappa shape index (κ2) is 4.42. The van der Waals surface area contributed by atoms with Crippen molar-refractivity contribution >= 4 is 5.69 Å². The largest absolute Gasteiger partial charge is 0.388 e. The maximum absolute atomic E-state index is 9.99. The van der Waals surface area contributed by atoms with E-state index in [4.69, 9.17) is 0 Å². The summed E-state index contributed by atoms with van der Waals surface area (Å²) in [5.41, 5.74) is 3.05. The van der Waals surface area contributed by atoms with Crippen LogP contribution in [0.4, 0.5) is 5.69 Å². The van der Waals surface area contributed by atoms with Gasteiger partial charge in [0, 0.05) is 31.0 Å². The molecule has 1 atom stereocenters. The van der Waals surface area contributed by atoms with Gasteiger partial charge in [-0.15, -0.1) is 5.10 Å². The van der Waals surface area contributed by atoms with Gasteiger partial charge in [0.15, 0.2) is 0 Å². The quantitative estimate of drug-likeness (QED) is 0.864. The highest BCUT2D eigenvalue weighted by Gasteiger charge is 2.23. The summed E-state index contributed by atoms with van der Waals surface area (Å²) in [6, 6.07) is 8.01. The predicted molar refractivity (Wildman–Crippen MR) is 68.1 cm³/mol. The zero-order chi connectivity index (χ0) is 12.5. The standard InChI is InChI=1S/C13H16N4O/c1-16-8-10(14-15-16)9-17-7-6-13(18)11-4-2-3-5-12(11)17/h2-5,8,13,18H,6-7,9H2,1H3. The van der Waals surface area contributed by atoms with E-state index in [9.17, 15) is 5.11 Å². The van der Waals surface area contributed by atoms with Gasteiger partial charge in [-0.25, -0.2) is 0 Å². The van der Waals surface area contributed by atoms with Gasteiger partial charge in [0.1, 0.15) is 5.69 Å². The molecule has 18 heavy (non-hydrogen) atoms. The fourth-order valence-electron chi connectivity index (χ4n) is 2.44. The molecule has 2 aromatic rings. The molecule has 1 unspecified atom stereocenters. The van der Waals surface area contributed by atoms with Crippen LogP contribution in [0.1, 0.15) is 23.8 Å². The molecule has 0 amide bonds. The molecule has 5 nitrogen and oxygen atoms in total. The Kier molecular flexibility index (Phi) is 2.76. The van der Waals surface area contributed by atoms with Crippen LogP contribution in [0.15, 0.2) is 30.5 Å². The van der Waals surface area contributed by atoms with Crippen molar-refractivity contribution in [3.05, 3.63) is 41.7 Å². The number of rotatable bonds is 2. The van der Waals surface area contributed by atoms with Crippen molar-refractivity contribution in [3.63, 3.8) is 0 Å². The van der Waals surface area contributed by atoms with Crippen molar-refractivity contribution in [1.82, 2.24) is 15.0 Å². The number of benzene rings is 1. The molecule has 0 fully saturated rings. The maximum atomic E-state index is 9.99. The van der Waals surface area contributed by atoms with Crippen LogP contribution in [-0.2, 0) is 13.6 Å². The number of para-hydroxylation sites is 1. The molecule has 0 bridgehead atoms. The molecule has 0 aliphatic carbocycles. The van der Waals surface area contributed by atoms with Crippen LogP contribution in [0.3, 0.4) is 0 Å². The fraction of sp³-hybridized carbons (Fsp3) is 0.385. The highest BCUT2D eigenvalue weighted by molar-refractivity contribution is 5.56. The predicted octanol–water partition coefficient (Wildman–Crippen LogP) is 1.26. The van der Waals surface area contributed by atoms with Crippen molar-refractivity contribution in [2.75, 3.05) is 11.4 Å². The first-order valence-corrected chi connectivity index (χ1v) is 6.11. The zero-order valence-corrected chi connectivity index (χ0v) is 10.3. The van der Waals surface area contributed by atoms with Gasteiger partial charge < -0.3 is 10.0 Å². The molecule has 0 saturated heterocycles. The number of aromatic nitrogens is 3. The zero-order valence-electron chi connectivity index (χ0n) is 10.3. The number of aliphatic hydroxyl groups is 1. The molecule has 1 aromatic heterocycles. The van der Waals surface area contributed by atoms with Crippen molar-refractivity contribution in [3.8, 4) is 0 Å². The molecule has 2 heterocycles. The fourth-order valence-corrected chi connectivity index (χ4v) is 2.44. The summed E-state index contributed by atoms with van der Waals surface area (Å²) in [5, 5.41) is 18.0. The monoisotopic (exact) mass is 244 g/mol. The van der Waals surface area contributed by atoms with Gasteiger partial charge in [-0.2, -0.15) is 0 Å². The molecule has 0 saturated carbocycles. The van der Waals surface area contributed by atoms with E-state index in [0.29, 0.717) is 0 Å². The van der Waals surface area contributed by atoms with Gasteiger partial charge >= 0.3 is 0 Å². The van der Waals surface area contributed by atoms with E-state index >= 15 is 0 Å². The van der Waals surface area contributed by atoms with Crippen molar-refractivity contribution in [1.29, 1.82) is 0 Å². The Labute approximate surface area is 106 Å². The highest BCUT2D eigenvalue weighted by atomic mass is 16.3. The Morgan fingerprint density at radius 1 is 1.39 bits per heavy atom. The van der Waals surface area contributed by atoms with E-state index < -0.39 is 0 Å². The van der Waals surface area contributed by atoms with Crippen molar-refractivity contribution in [2.24, 2.45) is 7.05 Å². The van der Waals surface area contributed by atoms with Gasteiger partial charge in [0.2, 0.25) is 0 Å². The highest BCUT2D eigenvalue weighted by Crippen LogP contribution is 2.33. The average molecular weight is 244 g/mol. The molecule has 5 heteroatoms. The molecule has 0 radical (unpaired) electrons. The van der Waals surface area contributed by atoms with Crippen LogP contribution >= 0.6 is 0 Å². The van der Waals surface area contributed by atoms with Crippen LogP contribution in [0.5, 0.6) is 0 Å². The van der Waals surface area contributed by atoms with E-state index in [2.05, 4.69) is 15.2 Å². The lowest BCUT2D eigenvalue weighted by Crippen LogP contribution is -2.30. The number of fused-ring (bicyclic) bond motifs is 1. The summed E-state index contributed by atoms with van der Waals surface area (Å²) in [7, 11) is 1.87. The lowest BCUT2D eigenvalue weighted by atomic mass is 9.99. The molecule has 94 valence electrons. The van der Waals surface area contributed by atoms with Gasteiger partial charge in [-0.3, -0.25) is 4.68 Å². The summed E-state index contributed by atoms with van der Waals surface area (Å²) in [5.74, 6) is 0. The second-order valence-electron chi connectivity index (χ2n) is 4.67. The molecule has 0 spiro atoms. The lowest BCUT2D eigenvalue weighted by Gasteiger charge is -2.33.